The maximum Gasteiger partial charge on any atom is 0.346 e. The summed E-state index contributed by atoms with van der Waals surface area (Å²) < 4.78 is 25.3. The lowest BCUT2D eigenvalue weighted by Gasteiger charge is -2.33. The van der Waals surface area contributed by atoms with Crippen LogP contribution >= 0.6 is 0 Å². The predicted octanol–water partition coefficient (Wildman–Crippen LogP) is 1.69. The number of sulfone groups is 1. The van der Waals surface area contributed by atoms with Crippen LogP contribution < -0.4 is 5.32 Å². The number of aromatic nitrogens is 2. The van der Waals surface area contributed by atoms with E-state index in [9.17, 15) is 18.0 Å². The lowest BCUT2D eigenvalue weighted by atomic mass is 9.77. The molecular formula is C19H27N5O4S. The normalized spacial score (nSPS) is 31.9. The third-order valence-electron chi connectivity index (χ3n) is 6.51. The molecule has 3 aliphatic rings. The van der Waals surface area contributed by atoms with Gasteiger partial charge in [-0.25, -0.2) is 13.2 Å². The molecule has 0 bridgehead atoms. The molecule has 158 valence electrons. The van der Waals surface area contributed by atoms with Crippen molar-refractivity contribution in [2.75, 3.05) is 11.5 Å². The molecule has 3 amide bonds. The number of aryl methyl sites for hydroxylation is 1. The Bertz CT molecular complexity index is 988. The van der Waals surface area contributed by atoms with Crippen LogP contribution in [0.4, 0.5) is 4.79 Å². The molecule has 0 unspecified atom stereocenters. The van der Waals surface area contributed by atoms with Crippen molar-refractivity contribution in [3.8, 4) is 0 Å². The van der Waals surface area contributed by atoms with Crippen LogP contribution in [-0.2, 0) is 14.6 Å². The lowest BCUT2D eigenvalue weighted by molar-refractivity contribution is -0.132. The molecule has 3 heterocycles. The Morgan fingerprint density at radius 2 is 1.90 bits per heavy atom. The Labute approximate surface area is 170 Å². The lowest BCUT2D eigenvalue weighted by Crippen LogP contribution is -2.49. The van der Waals surface area contributed by atoms with Gasteiger partial charge in [0.1, 0.15) is 5.54 Å². The van der Waals surface area contributed by atoms with Crippen LogP contribution in [0.2, 0.25) is 0 Å². The molecule has 2 aliphatic heterocycles. The molecule has 1 aliphatic carbocycles. The summed E-state index contributed by atoms with van der Waals surface area (Å²) in [6.07, 6.45) is 5.10. The van der Waals surface area contributed by atoms with Crippen LogP contribution in [-0.4, -0.2) is 58.4 Å². The van der Waals surface area contributed by atoms with Crippen LogP contribution in [0.15, 0.2) is 5.10 Å². The second-order valence-electron chi connectivity index (χ2n) is 8.64. The van der Waals surface area contributed by atoms with E-state index in [1.807, 2.05) is 13.8 Å². The Morgan fingerprint density at radius 1 is 1.21 bits per heavy atom. The second-order valence-corrected chi connectivity index (χ2v) is 10.9. The summed E-state index contributed by atoms with van der Waals surface area (Å²) in [4.78, 5) is 25.3. The standard InChI is InChI=1S/C19H27N5O4S/c1-12-4-7-19(8-5-12)17(25)24(18(26)21-19)20-10-16-13(2)22-23(14(16)3)15-6-9-29(27,28)11-15/h10,12,15H,4-9,11H2,1-3H3,(H,21,26)/b20-10-/t12?,15-,19?/m1/s1. The Kier molecular flexibility index (Phi) is 4.79. The third-order valence-corrected chi connectivity index (χ3v) is 8.26. The van der Waals surface area contributed by atoms with Crippen LogP contribution in [0.25, 0.3) is 0 Å². The SMILES string of the molecule is Cc1nn([C@@H]2CCS(=O)(=O)C2)c(C)c1/C=N\N1C(=O)NC2(CCC(C)CC2)C1=O. The number of amides is 3. The number of hydrazone groups is 1. The molecule has 3 fully saturated rings. The minimum atomic E-state index is -3.02. The number of nitrogens with zero attached hydrogens (tertiary/aromatic N) is 4. The molecular weight excluding hydrogens is 394 g/mol. The molecule has 9 nitrogen and oxygen atoms in total. The highest BCUT2D eigenvalue weighted by molar-refractivity contribution is 7.91. The third kappa shape index (κ3) is 3.47. The van der Waals surface area contributed by atoms with Crippen molar-refractivity contribution in [2.45, 2.75) is 64.5 Å². The highest BCUT2D eigenvalue weighted by atomic mass is 32.2. The number of carbonyl (C=O) groups excluding carboxylic acids is 2. The Morgan fingerprint density at radius 3 is 2.52 bits per heavy atom. The largest absolute Gasteiger partial charge is 0.346 e. The van der Waals surface area contributed by atoms with Crippen molar-refractivity contribution in [3.63, 3.8) is 0 Å². The molecule has 1 spiro atoms. The van der Waals surface area contributed by atoms with Crippen molar-refractivity contribution in [1.29, 1.82) is 0 Å². The van der Waals surface area contributed by atoms with Crippen molar-refractivity contribution >= 4 is 28.0 Å². The Hall–Kier alpha value is -2.23. The second kappa shape index (κ2) is 6.93. The van der Waals surface area contributed by atoms with Gasteiger partial charge in [0.05, 0.1) is 29.5 Å². The van der Waals surface area contributed by atoms with Gasteiger partial charge in [-0.05, 0) is 51.9 Å². The summed E-state index contributed by atoms with van der Waals surface area (Å²) in [5.74, 6) is 0.510. The van der Waals surface area contributed by atoms with Gasteiger partial charge in [-0.15, -0.1) is 5.01 Å². The molecule has 1 atom stereocenters. The zero-order valence-electron chi connectivity index (χ0n) is 17.0. The smallest absolute Gasteiger partial charge is 0.321 e. The van der Waals surface area contributed by atoms with E-state index in [-0.39, 0.29) is 23.5 Å². The van der Waals surface area contributed by atoms with Gasteiger partial charge in [-0.1, -0.05) is 6.92 Å². The molecule has 1 aromatic heterocycles. The first-order valence-electron chi connectivity index (χ1n) is 10.1. The van der Waals surface area contributed by atoms with Gasteiger partial charge in [-0.3, -0.25) is 9.48 Å². The maximum atomic E-state index is 12.9. The highest BCUT2D eigenvalue weighted by Gasteiger charge is 2.52. The first-order chi connectivity index (χ1) is 13.6. The van der Waals surface area contributed by atoms with Gasteiger partial charge in [0.2, 0.25) is 0 Å². The number of urea groups is 1. The van der Waals surface area contributed by atoms with Crippen LogP contribution in [0.1, 0.15) is 62.0 Å². The van der Waals surface area contributed by atoms with E-state index in [0.717, 1.165) is 23.5 Å². The number of hydrogen-bond acceptors (Lipinski definition) is 6. The van der Waals surface area contributed by atoms with Crippen molar-refractivity contribution < 1.29 is 18.0 Å². The summed E-state index contributed by atoms with van der Waals surface area (Å²) in [5, 5.41) is 12.5. The Balaban J connectivity index is 1.55. The number of imide groups is 1. The summed E-state index contributed by atoms with van der Waals surface area (Å²) in [5.41, 5.74) is 1.34. The van der Waals surface area contributed by atoms with Crippen LogP contribution in [0.3, 0.4) is 0 Å². The summed E-state index contributed by atoms with van der Waals surface area (Å²) in [7, 11) is -3.02. The number of rotatable bonds is 3. The summed E-state index contributed by atoms with van der Waals surface area (Å²) >= 11 is 0. The first-order valence-corrected chi connectivity index (χ1v) is 11.9. The van der Waals surface area contributed by atoms with Gasteiger partial charge in [0, 0.05) is 11.3 Å². The van der Waals surface area contributed by atoms with Gasteiger partial charge < -0.3 is 5.32 Å². The average molecular weight is 422 g/mol. The monoisotopic (exact) mass is 421 g/mol. The molecule has 29 heavy (non-hydrogen) atoms. The number of hydrogen-bond donors (Lipinski definition) is 1. The van der Waals surface area contributed by atoms with E-state index in [4.69, 9.17) is 0 Å². The van der Waals surface area contributed by atoms with Gasteiger partial charge in [0.15, 0.2) is 9.84 Å². The minimum Gasteiger partial charge on any atom is -0.321 e. The molecule has 0 radical (unpaired) electrons. The van der Waals surface area contributed by atoms with Crippen molar-refractivity contribution in [1.82, 2.24) is 20.1 Å². The van der Waals surface area contributed by atoms with E-state index >= 15 is 0 Å². The highest BCUT2D eigenvalue weighted by Crippen LogP contribution is 2.36. The zero-order chi connectivity index (χ0) is 21.0. The maximum absolute atomic E-state index is 12.9. The van der Waals surface area contributed by atoms with Crippen LogP contribution in [0.5, 0.6) is 0 Å². The fraction of sp³-hybridized carbons (Fsp3) is 0.684. The fourth-order valence-corrected chi connectivity index (χ4v) is 6.30. The van der Waals surface area contributed by atoms with E-state index < -0.39 is 21.4 Å². The fourth-order valence-electron chi connectivity index (χ4n) is 4.61. The van der Waals surface area contributed by atoms with Crippen molar-refractivity contribution in [3.05, 3.63) is 17.0 Å². The van der Waals surface area contributed by atoms with Crippen molar-refractivity contribution in [2.24, 2.45) is 11.0 Å². The summed E-state index contributed by atoms with van der Waals surface area (Å²) in [6, 6.07) is -0.685. The topological polar surface area (TPSA) is 114 Å². The van der Waals surface area contributed by atoms with E-state index in [2.05, 4.69) is 22.4 Å². The molecule has 4 rings (SSSR count). The van der Waals surface area contributed by atoms with Gasteiger partial charge in [0.25, 0.3) is 5.91 Å². The van der Waals surface area contributed by atoms with E-state index in [1.165, 1.54) is 6.21 Å². The first kappa shape index (κ1) is 20.1. The molecule has 0 aromatic carbocycles. The predicted molar refractivity (Wildman–Crippen MR) is 107 cm³/mol. The van der Waals surface area contributed by atoms with E-state index in [1.54, 1.807) is 4.68 Å². The molecule has 2 saturated heterocycles. The van der Waals surface area contributed by atoms with Gasteiger partial charge >= 0.3 is 6.03 Å². The molecule has 10 heteroatoms. The van der Waals surface area contributed by atoms with E-state index in [0.29, 0.717) is 36.4 Å². The molecule has 1 N–H and O–H groups in total. The van der Waals surface area contributed by atoms with Crippen LogP contribution in [0, 0.1) is 19.8 Å². The average Bonchev–Trinajstić information content (AvgIpc) is 3.23. The molecule has 1 saturated carbocycles. The summed E-state index contributed by atoms with van der Waals surface area (Å²) in [6.45, 7) is 5.81. The van der Waals surface area contributed by atoms with Gasteiger partial charge in [-0.2, -0.15) is 10.2 Å². The quantitative estimate of drug-likeness (QED) is 0.589. The number of carbonyl (C=O) groups is 2. The zero-order valence-corrected chi connectivity index (χ0v) is 17.8. The minimum absolute atomic E-state index is 0.0828. The molecule has 1 aromatic rings. The number of nitrogens with one attached hydrogen (secondary N) is 1.